The predicted octanol–water partition coefficient (Wildman–Crippen LogP) is 2.66. The van der Waals surface area contributed by atoms with Crippen LogP contribution in [-0.4, -0.2) is 47.8 Å². The van der Waals surface area contributed by atoms with Gasteiger partial charge in [0.1, 0.15) is 12.4 Å². The summed E-state index contributed by atoms with van der Waals surface area (Å²) in [6, 6.07) is 9.69. The lowest BCUT2D eigenvalue weighted by Gasteiger charge is -2.13. The number of pyridine rings is 1. The van der Waals surface area contributed by atoms with Crippen molar-refractivity contribution in [2.75, 3.05) is 6.61 Å². The van der Waals surface area contributed by atoms with Gasteiger partial charge in [0, 0.05) is 22.7 Å². The molecule has 0 bridgehead atoms. The van der Waals surface area contributed by atoms with E-state index in [1.54, 1.807) is 17.1 Å². The van der Waals surface area contributed by atoms with E-state index in [-0.39, 0.29) is 12.7 Å². The van der Waals surface area contributed by atoms with Gasteiger partial charge in [-0.25, -0.2) is 14.6 Å². The Balaban J connectivity index is 1.65. The van der Waals surface area contributed by atoms with E-state index in [9.17, 15) is 5.11 Å². The maximum absolute atomic E-state index is 10.3. The number of ether oxygens (including phenoxy) is 1. The van der Waals surface area contributed by atoms with Gasteiger partial charge in [0.25, 0.3) is 0 Å². The van der Waals surface area contributed by atoms with E-state index < -0.39 is 6.10 Å². The minimum absolute atomic E-state index is 0.0655. The molecule has 1 atom stereocenters. The smallest absolute Gasteiger partial charge is 0.162 e. The Hall–Kier alpha value is -3.10. The van der Waals surface area contributed by atoms with Gasteiger partial charge in [0.15, 0.2) is 11.5 Å². The van der Waals surface area contributed by atoms with Crippen LogP contribution in [0.5, 0.6) is 0 Å². The lowest BCUT2D eigenvalue weighted by molar-refractivity contribution is 0.00486. The summed E-state index contributed by atoms with van der Waals surface area (Å²) in [5.74, 6) is 0.692. The first-order valence-corrected chi connectivity index (χ1v) is 8.71. The molecule has 0 aliphatic carbocycles. The number of H-pyrrole nitrogens is 1. The molecule has 3 aromatic heterocycles. The summed E-state index contributed by atoms with van der Waals surface area (Å²) in [5.41, 5.74) is 3.19. The average molecular weight is 364 g/mol. The van der Waals surface area contributed by atoms with Crippen molar-refractivity contribution < 1.29 is 9.84 Å². The number of aromatic nitrogens is 6. The Morgan fingerprint density at radius 1 is 1.19 bits per heavy atom. The van der Waals surface area contributed by atoms with Crippen molar-refractivity contribution in [1.82, 2.24) is 29.9 Å². The number of hydrogen-bond acceptors (Lipinski definition) is 6. The van der Waals surface area contributed by atoms with Gasteiger partial charge in [-0.1, -0.05) is 12.1 Å². The van der Waals surface area contributed by atoms with Crippen LogP contribution in [-0.2, 0) is 4.74 Å². The van der Waals surface area contributed by atoms with E-state index >= 15 is 0 Å². The molecule has 4 rings (SSSR count). The summed E-state index contributed by atoms with van der Waals surface area (Å²) >= 11 is 0. The van der Waals surface area contributed by atoms with Crippen molar-refractivity contribution in [2.45, 2.75) is 26.1 Å². The quantitative estimate of drug-likeness (QED) is 0.545. The lowest BCUT2D eigenvalue weighted by atomic mass is 10.1. The molecule has 27 heavy (non-hydrogen) atoms. The normalized spacial score (nSPS) is 12.7. The molecule has 2 N–H and O–H groups in total. The van der Waals surface area contributed by atoms with E-state index in [0.717, 1.165) is 16.6 Å². The van der Waals surface area contributed by atoms with E-state index in [2.05, 4.69) is 25.3 Å². The number of benzene rings is 1. The number of aliphatic hydroxyl groups is 1. The molecule has 0 aliphatic rings. The third-order valence-corrected chi connectivity index (χ3v) is 4.18. The zero-order valence-corrected chi connectivity index (χ0v) is 15.1. The van der Waals surface area contributed by atoms with Crippen molar-refractivity contribution in [1.29, 1.82) is 0 Å². The van der Waals surface area contributed by atoms with Gasteiger partial charge in [-0.2, -0.15) is 10.2 Å². The zero-order valence-electron chi connectivity index (χ0n) is 15.1. The second-order valence-electron chi connectivity index (χ2n) is 6.52. The van der Waals surface area contributed by atoms with Crippen molar-refractivity contribution in [3.05, 3.63) is 54.6 Å². The minimum Gasteiger partial charge on any atom is -0.386 e. The number of hydrogen-bond donors (Lipinski definition) is 2. The topological polar surface area (TPSA) is 102 Å². The maximum Gasteiger partial charge on any atom is 0.162 e. The first-order valence-electron chi connectivity index (χ1n) is 8.71. The van der Waals surface area contributed by atoms with Crippen molar-refractivity contribution in [3.8, 4) is 17.1 Å². The van der Waals surface area contributed by atoms with Gasteiger partial charge in [0.2, 0.25) is 0 Å². The number of aliphatic hydroxyl groups excluding tert-OH is 1. The number of rotatable bonds is 6. The number of nitrogens with zero attached hydrogens (tertiary/aromatic N) is 5. The van der Waals surface area contributed by atoms with E-state index in [1.807, 2.05) is 44.2 Å². The molecule has 0 spiro atoms. The monoisotopic (exact) mass is 364 g/mol. The highest BCUT2D eigenvalue weighted by Crippen LogP contribution is 2.23. The van der Waals surface area contributed by atoms with E-state index in [4.69, 9.17) is 4.74 Å². The molecule has 0 fully saturated rings. The molecule has 1 aromatic carbocycles. The van der Waals surface area contributed by atoms with Crippen LogP contribution in [0.3, 0.4) is 0 Å². The molecule has 0 saturated carbocycles. The summed E-state index contributed by atoms with van der Waals surface area (Å²) in [6.07, 6.45) is 4.22. The van der Waals surface area contributed by atoms with E-state index in [1.165, 1.54) is 6.33 Å². The molecule has 0 radical (unpaired) electrons. The van der Waals surface area contributed by atoms with Crippen molar-refractivity contribution in [2.24, 2.45) is 0 Å². The summed E-state index contributed by atoms with van der Waals surface area (Å²) in [7, 11) is 0. The van der Waals surface area contributed by atoms with Gasteiger partial charge in [0.05, 0.1) is 24.6 Å². The third kappa shape index (κ3) is 3.57. The molecular formula is C19H20N6O2. The van der Waals surface area contributed by atoms with Crippen LogP contribution in [0.25, 0.3) is 28.1 Å². The van der Waals surface area contributed by atoms with Crippen LogP contribution in [0.4, 0.5) is 0 Å². The lowest BCUT2D eigenvalue weighted by Crippen LogP contribution is -2.12. The second kappa shape index (κ2) is 7.26. The molecule has 8 heteroatoms. The summed E-state index contributed by atoms with van der Waals surface area (Å²) in [4.78, 5) is 8.69. The molecular weight excluding hydrogens is 344 g/mol. The number of nitrogens with one attached hydrogen (secondary N) is 1. The van der Waals surface area contributed by atoms with Crippen LogP contribution in [0, 0.1) is 0 Å². The first-order chi connectivity index (χ1) is 13.1. The average Bonchev–Trinajstić information content (AvgIpc) is 3.35. The molecule has 0 aliphatic heterocycles. The summed E-state index contributed by atoms with van der Waals surface area (Å²) < 4.78 is 7.24. The standard InChI is InChI=1S/C19H20N6O2/c1-12(2)27-10-17(26)14-6-15-9-23-25(19(15)20-8-14)16-5-3-4-13(7-16)18-21-11-22-24-18/h3-9,11-12,17,26H,10H2,1-2H3,(H,21,22,24)/t17-/m0/s1. The largest absolute Gasteiger partial charge is 0.386 e. The van der Waals surface area contributed by atoms with E-state index in [0.29, 0.717) is 17.0 Å². The SMILES string of the molecule is CC(C)OC[C@H](O)c1cnc2c(cnn2-c2cccc(-c3ncn[nH]3)c2)c1. The van der Waals surface area contributed by atoms with Crippen molar-refractivity contribution >= 4 is 11.0 Å². The molecule has 3 heterocycles. The van der Waals surface area contributed by atoms with Crippen LogP contribution in [0.1, 0.15) is 25.5 Å². The fourth-order valence-corrected chi connectivity index (χ4v) is 2.82. The Morgan fingerprint density at radius 2 is 2.07 bits per heavy atom. The minimum atomic E-state index is -0.720. The highest BCUT2D eigenvalue weighted by Gasteiger charge is 2.13. The highest BCUT2D eigenvalue weighted by molar-refractivity contribution is 5.77. The molecule has 138 valence electrons. The van der Waals surface area contributed by atoms with Gasteiger partial charge in [-0.15, -0.1) is 0 Å². The van der Waals surface area contributed by atoms with Gasteiger partial charge < -0.3 is 9.84 Å². The van der Waals surface area contributed by atoms with Gasteiger partial charge in [-0.3, -0.25) is 5.10 Å². The number of aromatic amines is 1. The molecule has 4 aromatic rings. The summed E-state index contributed by atoms with van der Waals surface area (Å²) in [5, 5.41) is 22.3. The van der Waals surface area contributed by atoms with Gasteiger partial charge in [-0.05, 0) is 32.0 Å². The Kier molecular flexibility index (Phi) is 4.66. The molecule has 0 unspecified atom stereocenters. The second-order valence-corrected chi connectivity index (χ2v) is 6.52. The third-order valence-electron chi connectivity index (χ3n) is 4.18. The molecule has 8 nitrogen and oxygen atoms in total. The number of fused-ring (bicyclic) bond motifs is 1. The van der Waals surface area contributed by atoms with Crippen LogP contribution in [0.15, 0.2) is 49.1 Å². The van der Waals surface area contributed by atoms with Crippen molar-refractivity contribution in [3.63, 3.8) is 0 Å². The Morgan fingerprint density at radius 3 is 2.85 bits per heavy atom. The van der Waals surface area contributed by atoms with Gasteiger partial charge >= 0.3 is 0 Å². The van der Waals surface area contributed by atoms with Crippen LogP contribution < -0.4 is 0 Å². The Bertz CT molecular complexity index is 1040. The van der Waals surface area contributed by atoms with Crippen LogP contribution >= 0.6 is 0 Å². The first kappa shape index (κ1) is 17.3. The molecule has 0 saturated heterocycles. The fourth-order valence-electron chi connectivity index (χ4n) is 2.82. The van der Waals surface area contributed by atoms with Crippen LogP contribution in [0.2, 0.25) is 0 Å². The maximum atomic E-state index is 10.3. The Labute approximate surface area is 155 Å². The predicted molar refractivity (Wildman–Crippen MR) is 100 cm³/mol. The fraction of sp³-hybridized carbons (Fsp3) is 0.263. The molecule has 0 amide bonds. The zero-order chi connectivity index (χ0) is 18.8. The summed E-state index contributed by atoms with van der Waals surface area (Å²) in [6.45, 7) is 4.11. The highest BCUT2D eigenvalue weighted by atomic mass is 16.5.